The van der Waals surface area contributed by atoms with Gasteiger partial charge in [0.2, 0.25) is 11.7 Å². The van der Waals surface area contributed by atoms with Gasteiger partial charge in [0.05, 0.1) is 31.7 Å². The number of amides is 2. The van der Waals surface area contributed by atoms with Crippen LogP contribution >= 0.6 is 0 Å². The molecule has 1 aromatic rings. The molecule has 0 aromatic carbocycles. The molecule has 3 fully saturated rings. The van der Waals surface area contributed by atoms with Crippen molar-refractivity contribution in [3.8, 4) is 0 Å². The van der Waals surface area contributed by atoms with E-state index < -0.39 is 46.0 Å². The van der Waals surface area contributed by atoms with Gasteiger partial charge in [-0.25, -0.2) is 15.0 Å². The van der Waals surface area contributed by atoms with Gasteiger partial charge in [0.1, 0.15) is 5.82 Å². The number of nitrogens with zero attached hydrogens (tertiary/aromatic N) is 5. The minimum absolute atomic E-state index is 0.115. The molecule has 2 atom stereocenters. The lowest BCUT2D eigenvalue weighted by molar-refractivity contribution is -0.166. The molecule has 16 heteroatoms. The maximum Gasteiger partial charge on any atom is 0.274 e. The standard InChI is InChI=1S/C23H36FN7O7S/c1-15-25-21(20(24)22(26-15)30-7-6-29-8-9-38-13-18(29)12-30)27-28-23(33)17(10-16-4-2-3-5-16)11-31(34)19(32)14-39(35,36)37/h16-18,34H,2-14H2,1H3,(H,28,33)(H,25,26,27)(H,35,36,37)/t17-,18+/m1/s1. The van der Waals surface area contributed by atoms with E-state index in [1.807, 2.05) is 4.90 Å². The number of rotatable bonds is 10. The zero-order chi connectivity index (χ0) is 28.2. The van der Waals surface area contributed by atoms with Crippen LogP contribution in [0.1, 0.15) is 37.9 Å². The topological polar surface area (TPSA) is 178 Å². The van der Waals surface area contributed by atoms with Crippen molar-refractivity contribution >= 4 is 33.6 Å². The first-order valence-electron chi connectivity index (χ1n) is 13.1. The van der Waals surface area contributed by atoms with Gasteiger partial charge in [0, 0.05) is 26.2 Å². The lowest BCUT2D eigenvalue weighted by Crippen LogP contribution is -2.58. The van der Waals surface area contributed by atoms with Gasteiger partial charge in [-0.15, -0.1) is 0 Å². The van der Waals surface area contributed by atoms with E-state index in [4.69, 9.17) is 9.29 Å². The average Bonchev–Trinajstić information content (AvgIpc) is 3.40. The van der Waals surface area contributed by atoms with Gasteiger partial charge in [-0.1, -0.05) is 25.7 Å². The molecule has 0 bridgehead atoms. The van der Waals surface area contributed by atoms with Crippen molar-refractivity contribution in [1.29, 1.82) is 0 Å². The van der Waals surface area contributed by atoms with Crippen molar-refractivity contribution in [2.24, 2.45) is 11.8 Å². The molecule has 0 spiro atoms. The molecule has 1 aliphatic carbocycles. The van der Waals surface area contributed by atoms with Crippen LogP contribution in [0.15, 0.2) is 0 Å². The molecule has 218 valence electrons. The molecule has 4 N–H and O–H groups in total. The minimum atomic E-state index is -4.66. The number of morpholine rings is 1. The number of ether oxygens (including phenoxy) is 1. The number of hydrazine groups is 1. The normalized spacial score (nSPS) is 21.3. The third-order valence-corrected chi connectivity index (χ3v) is 8.05. The summed E-state index contributed by atoms with van der Waals surface area (Å²) in [7, 11) is -4.66. The fourth-order valence-corrected chi connectivity index (χ4v) is 5.91. The third kappa shape index (κ3) is 7.94. The summed E-state index contributed by atoms with van der Waals surface area (Å²) in [6.45, 7) is 5.03. The summed E-state index contributed by atoms with van der Waals surface area (Å²) >= 11 is 0. The number of anilines is 2. The monoisotopic (exact) mass is 573 g/mol. The number of halogens is 1. The van der Waals surface area contributed by atoms with Crippen molar-refractivity contribution in [3.63, 3.8) is 0 Å². The average molecular weight is 574 g/mol. The highest BCUT2D eigenvalue weighted by Crippen LogP contribution is 2.31. The Morgan fingerprint density at radius 1 is 1.23 bits per heavy atom. The number of hydrogen-bond donors (Lipinski definition) is 4. The van der Waals surface area contributed by atoms with E-state index >= 15 is 4.39 Å². The van der Waals surface area contributed by atoms with Gasteiger partial charge in [-0.05, 0) is 19.3 Å². The Kier molecular flexibility index (Phi) is 9.53. The van der Waals surface area contributed by atoms with Crippen LogP contribution in [-0.4, -0.2) is 108 Å². The molecule has 3 heterocycles. The first kappa shape index (κ1) is 29.3. The van der Waals surface area contributed by atoms with E-state index in [0.29, 0.717) is 38.5 Å². The highest BCUT2D eigenvalue weighted by atomic mass is 32.2. The third-order valence-electron chi connectivity index (χ3n) is 7.44. The number of carbonyl (C=O) groups excluding carboxylic acids is 2. The van der Waals surface area contributed by atoms with Crippen LogP contribution in [0.2, 0.25) is 0 Å². The fourth-order valence-electron chi connectivity index (χ4n) is 5.45. The van der Waals surface area contributed by atoms with Crippen molar-refractivity contribution < 1.29 is 36.9 Å². The van der Waals surface area contributed by atoms with Gasteiger partial charge in [0.15, 0.2) is 17.4 Å². The second-order valence-corrected chi connectivity index (χ2v) is 11.8. The van der Waals surface area contributed by atoms with E-state index in [-0.39, 0.29) is 28.7 Å². The van der Waals surface area contributed by atoms with Crippen molar-refractivity contribution in [1.82, 2.24) is 25.4 Å². The van der Waals surface area contributed by atoms with Crippen LogP contribution in [0.25, 0.3) is 0 Å². The Morgan fingerprint density at radius 2 is 1.97 bits per heavy atom. The van der Waals surface area contributed by atoms with Gasteiger partial charge in [-0.3, -0.25) is 35.1 Å². The molecule has 3 aliphatic rings. The summed E-state index contributed by atoms with van der Waals surface area (Å²) < 4.78 is 52.0. The molecule has 2 amide bonds. The van der Waals surface area contributed by atoms with E-state index in [1.54, 1.807) is 6.92 Å². The van der Waals surface area contributed by atoms with Crippen LogP contribution < -0.4 is 15.8 Å². The van der Waals surface area contributed by atoms with Gasteiger partial charge >= 0.3 is 0 Å². The highest BCUT2D eigenvalue weighted by molar-refractivity contribution is 7.86. The smallest absolute Gasteiger partial charge is 0.274 e. The number of aryl methyl sites for hydroxylation is 1. The second kappa shape index (κ2) is 12.7. The molecule has 0 unspecified atom stereocenters. The number of fused-ring (bicyclic) bond motifs is 1. The van der Waals surface area contributed by atoms with Crippen molar-refractivity contribution in [2.45, 2.75) is 45.1 Å². The molecule has 39 heavy (non-hydrogen) atoms. The molecule has 2 aliphatic heterocycles. The summed E-state index contributed by atoms with van der Waals surface area (Å²) in [6.07, 6.45) is 4.08. The maximum atomic E-state index is 15.5. The molecule has 1 aromatic heterocycles. The van der Waals surface area contributed by atoms with Crippen LogP contribution in [0.5, 0.6) is 0 Å². The summed E-state index contributed by atoms with van der Waals surface area (Å²) in [4.78, 5) is 37.6. The minimum Gasteiger partial charge on any atom is -0.378 e. The van der Waals surface area contributed by atoms with Crippen LogP contribution in [0, 0.1) is 24.6 Å². The summed E-state index contributed by atoms with van der Waals surface area (Å²) in [6, 6.07) is 0.125. The maximum absolute atomic E-state index is 15.5. The molecular formula is C23H36FN7O7S. The van der Waals surface area contributed by atoms with Crippen LogP contribution in [0.4, 0.5) is 16.0 Å². The summed E-state index contributed by atoms with van der Waals surface area (Å²) in [5.41, 5.74) is 4.95. The van der Waals surface area contributed by atoms with E-state index in [0.717, 1.165) is 38.8 Å². The predicted octanol–water partition coefficient (Wildman–Crippen LogP) is 0.190. The quantitative estimate of drug-likeness (QED) is 0.170. The number of nitrogens with one attached hydrogen (secondary N) is 2. The molecule has 1 saturated carbocycles. The van der Waals surface area contributed by atoms with Gasteiger partial charge in [-0.2, -0.15) is 12.8 Å². The number of carbonyl (C=O) groups is 2. The molecule has 0 radical (unpaired) electrons. The Morgan fingerprint density at radius 3 is 2.69 bits per heavy atom. The highest BCUT2D eigenvalue weighted by Gasteiger charge is 2.33. The Balaban J connectivity index is 1.43. The van der Waals surface area contributed by atoms with Gasteiger partial charge in [0.25, 0.3) is 16.0 Å². The zero-order valence-corrected chi connectivity index (χ0v) is 22.7. The lowest BCUT2D eigenvalue weighted by atomic mass is 9.92. The van der Waals surface area contributed by atoms with E-state index in [9.17, 15) is 23.2 Å². The fraction of sp³-hybridized carbons (Fsp3) is 0.739. The van der Waals surface area contributed by atoms with E-state index in [1.165, 1.54) is 0 Å². The Hall–Kier alpha value is -2.66. The molecule has 14 nitrogen and oxygen atoms in total. The number of aromatic nitrogens is 2. The zero-order valence-electron chi connectivity index (χ0n) is 21.9. The second-order valence-electron chi connectivity index (χ2n) is 10.4. The summed E-state index contributed by atoms with van der Waals surface area (Å²) in [5, 5.41) is 10.2. The number of hydrogen-bond acceptors (Lipinski definition) is 11. The number of piperazine rings is 1. The van der Waals surface area contributed by atoms with Crippen molar-refractivity contribution in [3.05, 3.63) is 11.6 Å². The van der Waals surface area contributed by atoms with Crippen molar-refractivity contribution in [2.75, 3.05) is 62.0 Å². The van der Waals surface area contributed by atoms with Gasteiger partial charge < -0.3 is 9.64 Å². The first-order chi connectivity index (χ1) is 18.5. The van der Waals surface area contributed by atoms with E-state index in [2.05, 4.69) is 25.7 Å². The van der Waals surface area contributed by atoms with Crippen LogP contribution in [0.3, 0.4) is 0 Å². The SMILES string of the molecule is Cc1nc(NNC(=O)[C@H](CC2CCCC2)CN(O)C(=O)CS(=O)(=O)O)c(F)c(N2CCN3CCOC[C@@H]3C2)n1. The summed E-state index contributed by atoms with van der Waals surface area (Å²) in [5.74, 6) is -4.50. The largest absolute Gasteiger partial charge is 0.378 e. The molecular weight excluding hydrogens is 537 g/mol. The number of hydroxylamine groups is 2. The first-order valence-corrected chi connectivity index (χ1v) is 14.7. The lowest BCUT2D eigenvalue weighted by Gasteiger charge is -2.44. The van der Waals surface area contributed by atoms with Crippen LogP contribution in [-0.2, 0) is 24.4 Å². The Labute approximate surface area is 226 Å². The predicted molar refractivity (Wildman–Crippen MR) is 137 cm³/mol. The molecule has 2 saturated heterocycles. The Bertz CT molecular complexity index is 1150. The molecule has 4 rings (SSSR count).